The first-order valence-corrected chi connectivity index (χ1v) is 3.31. The first-order valence-electron chi connectivity index (χ1n) is 3.31. The van der Waals surface area contributed by atoms with Crippen LogP contribution >= 0.6 is 0 Å². The Labute approximate surface area is 69.4 Å². The number of rotatable bonds is 2. The monoisotopic (exact) mass is 164 g/mol. The molecule has 0 aliphatic rings. The highest BCUT2D eigenvalue weighted by Gasteiger charge is 1.93. The van der Waals surface area contributed by atoms with Gasteiger partial charge in [0, 0.05) is 0 Å². The lowest BCUT2D eigenvalue weighted by molar-refractivity contribution is -0.128. The third kappa shape index (κ3) is 2.09. The van der Waals surface area contributed by atoms with Crippen LogP contribution < -0.4 is 5.73 Å². The van der Waals surface area contributed by atoms with Crippen molar-refractivity contribution in [3.05, 3.63) is 24.3 Å². The Morgan fingerprint density at radius 1 is 1.50 bits per heavy atom. The van der Waals surface area contributed by atoms with Gasteiger partial charge in [-0.3, -0.25) is 0 Å². The highest BCUT2D eigenvalue weighted by atomic mass is 16.4. The van der Waals surface area contributed by atoms with E-state index in [0.717, 1.165) is 6.21 Å². The minimum atomic E-state index is -1.08. The molecule has 1 aromatic carbocycles. The van der Waals surface area contributed by atoms with Crippen LogP contribution in [-0.4, -0.2) is 17.3 Å². The molecule has 1 aromatic rings. The first-order chi connectivity index (χ1) is 5.70. The van der Waals surface area contributed by atoms with E-state index in [0.29, 0.717) is 11.4 Å². The Kier molecular flexibility index (Phi) is 2.42. The van der Waals surface area contributed by atoms with E-state index in [4.69, 9.17) is 10.8 Å². The molecular weight excluding hydrogens is 156 g/mol. The van der Waals surface area contributed by atoms with E-state index in [9.17, 15) is 4.79 Å². The molecule has 4 nitrogen and oxygen atoms in total. The SMILES string of the molecule is Nc1ccccc1N=CC(=O)O. The summed E-state index contributed by atoms with van der Waals surface area (Å²) in [5, 5.41) is 8.28. The fourth-order valence-electron chi connectivity index (χ4n) is 0.730. The third-order valence-electron chi connectivity index (χ3n) is 1.25. The molecule has 0 aromatic heterocycles. The van der Waals surface area contributed by atoms with Gasteiger partial charge < -0.3 is 10.8 Å². The molecule has 4 heteroatoms. The maximum Gasteiger partial charge on any atom is 0.346 e. The molecule has 1 rings (SSSR count). The smallest absolute Gasteiger partial charge is 0.346 e. The second-order valence-electron chi connectivity index (χ2n) is 2.16. The van der Waals surface area contributed by atoms with Gasteiger partial charge in [0.2, 0.25) is 0 Å². The average Bonchev–Trinajstić information content (AvgIpc) is 2.03. The fourth-order valence-corrected chi connectivity index (χ4v) is 0.730. The Morgan fingerprint density at radius 3 is 2.75 bits per heavy atom. The summed E-state index contributed by atoms with van der Waals surface area (Å²) in [7, 11) is 0. The normalized spacial score (nSPS) is 10.3. The largest absolute Gasteiger partial charge is 0.477 e. The Hall–Kier alpha value is -1.84. The molecule has 62 valence electrons. The van der Waals surface area contributed by atoms with E-state index in [2.05, 4.69) is 4.99 Å². The number of benzene rings is 1. The summed E-state index contributed by atoms with van der Waals surface area (Å²) in [6.07, 6.45) is 0.811. The van der Waals surface area contributed by atoms with E-state index in [-0.39, 0.29) is 0 Å². The maximum absolute atomic E-state index is 10.1. The number of carboxylic acid groups (broad SMARTS) is 1. The van der Waals surface area contributed by atoms with Crippen molar-refractivity contribution in [2.75, 3.05) is 5.73 Å². The Balaban J connectivity index is 2.89. The van der Waals surface area contributed by atoms with Crippen LogP contribution in [0.3, 0.4) is 0 Å². The fraction of sp³-hybridized carbons (Fsp3) is 0. The number of carboxylic acids is 1. The minimum absolute atomic E-state index is 0.468. The van der Waals surface area contributed by atoms with Crippen LogP contribution in [0, 0.1) is 0 Å². The van der Waals surface area contributed by atoms with Crippen LogP contribution in [0.5, 0.6) is 0 Å². The van der Waals surface area contributed by atoms with Crippen molar-refractivity contribution in [1.29, 1.82) is 0 Å². The van der Waals surface area contributed by atoms with Crippen molar-refractivity contribution in [2.45, 2.75) is 0 Å². The summed E-state index contributed by atoms with van der Waals surface area (Å²) in [5.41, 5.74) is 6.44. The highest BCUT2D eigenvalue weighted by molar-refractivity contribution is 6.22. The molecule has 0 spiro atoms. The first kappa shape index (κ1) is 8.26. The predicted molar refractivity (Wildman–Crippen MR) is 46.6 cm³/mol. The summed E-state index contributed by atoms with van der Waals surface area (Å²) < 4.78 is 0. The Morgan fingerprint density at radius 2 is 2.17 bits per heavy atom. The van der Waals surface area contributed by atoms with Gasteiger partial charge >= 0.3 is 5.97 Å². The number of nitrogens with zero attached hydrogens (tertiary/aromatic N) is 1. The lowest BCUT2D eigenvalue weighted by Crippen LogP contribution is -1.94. The summed E-state index contributed by atoms with van der Waals surface area (Å²) in [5.74, 6) is -1.08. The van der Waals surface area contributed by atoms with Crippen LogP contribution in [0.2, 0.25) is 0 Å². The van der Waals surface area contributed by atoms with Crippen molar-refractivity contribution in [2.24, 2.45) is 4.99 Å². The zero-order valence-electron chi connectivity index (χ0n) is 6.27. The van der Waals surface area contributed by atoms with Crippen LogP contribution in [-0.2, 0) is 4.79 Å². The van der Waals surface area contributed by atoms with Crippen LogP contribution in [0.4, 0.5) is 11.4 Å². The van der Waals surface area contributed by atoms with Crippen LogP contribution in [0.15, 0.2) is 29.3 Å². The van der Waals surface area contributed by atoms with Gasteiger partial charge in [-0.25, -0.2) is 9.79 Å². The number of hydrogen-bond donors (Lipinski definition) is 2. The topological polar surface area (TPSA) is 75.7 Å². The molecule has 3 N–H and O–H groups in total. The molecule has 12 heavy (non-hydrogen) atoms. The molecule has 0 bridgehead atoms. The lowest BCUT2D eigenvalue weighted by atomic mass is 10.3. The van der Waals surface area contributed by atoms with Crippen molar-refractivity contribution < 1.29 is 9.90 Å². The molecule has 0 saturated carbocycles. The Bertz CT molecular complexity index is 321. The quantitative estimate of drug-likeness (QED) is 0.506. The standard InChI is InChI=1S/C8H8N2O2/c9-6-3-1-2-4-7(6)10-5-8(11)12/h1-5H,9H2,(H,11,12). The van der Waals surface area contributed by atoms with E-state index in [1.807, 2.05) is 0 Å². The van der Waals surface area contributed by atoms with Crippen molar-refractivity contribution in [3.8, 4) is 0 Å². The van der Waals surface area contributed by atoms with Crippen molar-refractivity contribution in [1.82, 2.24) is 0 Å². The molecule has 0 radical (unpaired) electrons. The number of nitrogen functional groups attached to an aromatic ring is 1. The van der Waals surface area contributed by atoms with Gasteiger partial charge in [0.05, 0.1) is 11.4 Å². The number of para-hydroxylation sites is 2. The number of hydrogen-bond acceptors (Lipinski definition) is 3. The van der Waals surface area contributed by atoms with Gasteiger partial charge in [0.25, 0.3) is 0 Å². The molecule has 0 fully saturated rings. The van der Waals surface area contributed by atoms with Crippen LogP contribution in [0.25, 0.3) is 0 Å². The maximum atomic E-state index is 10.1. The molecule has 0 unspecified atom stereocenters. The van der Waals surface area contributed by atoms with Gasteiger partial charge in [0.15, 0.2) is 0 Å². The number of aliphatic imine (C=N–C) groups is 1. The van der Waals surface area contributed by atoms with E-state index in [1.54, 1.807) is 24.3 Å². The summed E-state index contributed by atoms with van der Waals surface area (Å²) >= 11 is 0. The van der Waals surface area contributed by atoms with Gasteiger partial charge in [-0.2, -0.15) is 0 Å². The molecule has 0 atom stereocenters. The van der Waals surface area contributed by atoms with Gasteiger partial charge in [0.1, 0.15) is 6.21 Å². The summed E-state index contributed by atoms with van der Waals surface area (Å²) in [6.45, 7) is 0. The number of anilines is 1. The van der Waals surface area contributed by atoms with E-state index >= 15 is 0 Å². The molecule has 0 saturated heterocycles. The number of carbonyl (C=O) groups is 1. The van der Waals surface area contributed by atoms with Gasteiger partial charge in [-0.05, 0) is 12.1 Å². The molecule has 0 heterocycles. The summed E-state index contributed by atoms with van der Waals surface area (Å²) in [6, 6.07) is 6.81. The number of aliphatic carboxylic acids is 1. The molecule has 0 aliphatic heterocycles. The zero-order chi connectivity index (χ0) is 8.97. The van der Waals surface area contributed by atoms with Gasteiger partial charge in [-0.15, -0.1) is 0 Å². The predicted octanol–water partition coefficient (Wildman–Crippen LogP) is 1.06. The minimum Gasteiger partial charge on any atom is -0.477 e. The zero-order valence-corrected chi connectivity index (χ0v) is 6.27. The molecular formula is C8H8N2O2. The van der Waals surface area contributed by atoms with E-state index in [1.165, 1.54) is 0 Å². The van der Waals surface area contributed by atoms with Crippen molar-refractivity contribution in [3.63, 3.8) is 0 Å². The average molecular weight is 164 g/mol. The van der Waals surface area contributed by atoms with Crippen LogP contribution in [0.1, 0.15) is 0 Å². The second kappa shape index (κ2) is 3.52. The van der Waals surface area contributed by atoms with E-state index < -0.39 is 5.97 Å². The second-order valence-corrected chi connectivity index (χ2v) is 2.16. The lowest BCUT2D eigenvalue weighted by Gasteiger charge is -1.95. The summed E-state index contributed by atoms with van der Waals surface area (Å²) in [4.78, 5) is 13.7. The molecule has 0 aliphatic carbocycles. The third-order valence-corrected chi connectivity index (χ3v) is 1.25. The van der Waals surface area contributed by atoms with Crippen molar-refractivity contribution >= 4 is 23.6 Å². The number of nitrogens with two attached hydrogens (primary N) is 1. The van der Waals surface area contributed by atoms with Gasteiger partial charge in [-0.1, -0.05) is 12.1 Å². The highest BCUT2D eigenvalue weighted by Crippen LogP contribution is 2.19. The molecule has 0 amide bonds.